The number of hydrogen-bond acceptors (Lipinski definition) is 4. The van der Waals surface area contributed by atoms with Crippen molar-refractivity contribution in [3.8, 4) is 0 Å². The van der Waals surface area contributed by atoms with Gasteiger partial charge < -0.3 is 4.55 Å². The molecule has 0 spiro atoms. The second kappa shape index (κ2) is 6.66. The molecule has 0 saturated carbocycles. The van der Waals surface area contributed by atoms with Gasteiger partial charge in [0.15, 0.2) is 6.20 Å². The molecular formula is C14H14F3NO3S2. The number of aryl methyl sites for hydroxylation is 2. The molecule has 126 valence electrons. The van der Waals surface area contributed by atoms with Gasteiger partial charge in [-0.3, -0.25) is 0 Å². The van der Waals surface area contributed by atoms with Crippen molar-refractivity contribution in [3.05, 3.63) is 36.0 Å². The molecule has 0 aliphatic heterocycles. The summed E-state index contributed by atoms with van der Waals surface area (Å²) in [5.41, 5.74) is -2.84. The lowest BCUT2D eigenvalue weighted by Gasteiger charge is -2.09. The third-order valence-corrected chi connectivity index (χ3v) is 4.74. The Morgan fingerprint density at radius 1 is 1.26 bits per heavy atom. The van der Waals surface area contributed by atoms with Gasteiger partial charge in [0.1, 0.15) is 6.54 Å². The van der Waals surface area contributed by atoms with E-state index < -0.39 is 21.4 Å². The van der Waals surface area contributed by atoms with Crippen LogP contribution in [0.1, 0.15) is 12.0 Å². The van der Waals surface area contributed by atoms with Crippen LogP contribution >= 0.6 is 11.8 Å². The summed E-state index contributed by atoms with van der Waals surface area (Å²) in [5.74, 6) is -0.475. The van der Waals surface area contributed by atoms with E-state index in [1.165, 1.54) is 12.1 Å². The normalized spacial score (nSPS) is 12.7. The van der Waals surface area contributed by atoms with Gasteiger partial charge in [-0.05, 0) is 36.4 Å². The minimum atomic E-state index is -4.35. The van der Waals surface area contributed by atoms with Gasteiger partial charge in [-0.15, -0.1) is 0 Å². The van der Waals surface area contributed by atoms with Gasteiger partial charge in [0.2, 0.25) is 5.52 Å². The summed E-state index contributed by atoms with van der Waals surface area (Å²) in [4.78, 5) is 0.0907. The lowest BCUT2D eigenvalue weighted by molar-refractivity contribution is -0.671. The fraction of sp³-hybridized carbons (Fsp3) is 0.357. The molecule has 4 nitrogen and oxygen atoms in total. The number of rotatable bonds is 5. The highest BCUT2D eigenvalue weighted by Gasteiger charge is 2.29. The molecule has 1 aromatic carbocycles. The van der Waals surface area contributed by atoms with Crippen molar-refractivity contribution in [1.29, 1.82) is 0 Å². The van der Waals surface area contributed by atoms with Crippen LogP contribution in [0.4, 0.5) is 13.2 Å². The molecule has 0 N–H and O–H groups in total. The van der Waals surface area contributed by atoms with E-state index in [0.29, 0.717) is 17.4 Å². The first-order valence-corrected chi connectivity index (χ1v) is 9.07. The van der Waals surface area contributed by atoms with Crippen molar-refractivity contribution < 1.29 is 30.7 Å². The minimum absolute atomic E-state index is 0.0907. The van der Waals surface area contributed by atoms with E-state index in [1.54, 1.807) is 29.8 Å². The van der Waals surface area contributed by atoms with Gasteiger partial charge >= 0.3 is 5.51 Å². The molecule has 0 bridgehead atoms. The zero-order valence-electron chi connectivity index (χ0n) is 12.1. The summed E-state index contributed by atoms with van der Waals surface area (Å²) in [6.07, 6.45) is 1.87. The molecule has 23 heavy (non-hydrogen) atoms. The summed E-state index contributed by atoms with van der Waals surface area (Å²) in [7, 11) is -4.27. The summed E-state index contributed by atoms with van der Waals surface area (Å²) in [5, 5.41) is 0.659. The Labute approximate surface area is 136 Å². The summed E-state index contributed by atoms with van der Waals surface area (Å²) in [6, 6.07) is 6.16. The van der Waals surface area contributed by atoms with E-state index >= 15 is 0 Å². The largest absolute Gasteiger partial charge is 0.748 e. The fourth-order valence-electron chi connectivity index (χ4n) is 2.26. The third kappa shape index (κ3) is 5.36. The van der Waals surface area contributed by atoms with E-state index in [0.717, 1.165) is 5.56 Å². The molecule has 1 heterocycles. The van der Waals surface area contributed by atoms with E-state index in [4.69, 9.17) is 0 Å². The van der Waals surface area contributed by atoms with Gasteiger partial charge in [-0.2, -0.15) is 17.7 Å². The third-order valence-electron chi connectivity index (χ3n) is 3.23. The minimum Gasteiger partial charge on any atom is -0.748 e. The van der Waals surface area contributed by atoms with Gasteiger partial charge in [0.05, 0.1) is 15.5 Å². The van der Waals surface area contributed by atoms with Crippen LogP contribution in [0.25, 0.3) is 10.9 Å². The predicted octanol–water partition coefficient (Wildman–Crippen LogP) is 2.98. The molecule has 0 aliphatic rings. The molecule has 0 amide bonds. The molecule has 0 radical (unpaired) electrons. The Kier molecular flexibility index (Phi) is 5.22. The van der Waals surface area contributed by atoms with Crippen LogP contribution in [0.2, 0.25) is 0 Å². The van der Waals surface area contributed by atoms with Crippen molar-refractivity contribution in [2.24, 2.45) is 0 Å². The van der Waals surface area contributed by atoms with Crippen LogP contribution in [-0.4, -0.2) is 24.2 Å². The lowest BCUT2D eigenvalue weighted by Crippen LogP contribution is -2.35. The highest BCUT2D eigenvalue weighted by atomic mass is 32.2. The maximum atomic E-state index is 12.5. The molecule has 9 heteroatoms. The number of aromatic nitrogens is 1. The first-order valence-electron chi connectivity index (χ1n) is 6.67. The average molecular weight is 365 g/mol. The Balaban J connectivity index is 2.32. The molecular weight excluding hydrogens is 351 g/mol. The number of benzene rings is 1. The highest BCUT2D eigenvalue weighted by Crippen LogP contribution is 2.37. The maximum absolute atomic E-state index is 12.5. The average Bonchev–Trinajstić information content (AvgIpc) is 2.38. The number of nitrogens with zero attached hydrogens (tertiary/aromatic N) is 1. The Bertz CT molecular complexity index is 820. The number of fused-ring (bicyclic) bond motifs is 1. The van der Waals surface area contributed by atoms with Crippen molar-refractivity contribution in [1.82, 2.24) is 0 Å². The number of halogens is 3. The Morgan fingerprint density at radius 2 is 1.96 bits per heavy atom. The van der Waals surface area contributed by atoms with Crippen LogP contribution in [0.3, 0.4) is 0 Å². The van der Waals surface area contributed by atoms with Gasteiger partial charge in [-0.1, -0.05) is 0 Å². The molecule has 0 fully saturated rings. The van der Waals surface area contributed by atoms with Crippen LogP contribution in [0.15, 0.2) is 35.4 Å². The Hall–Kier alpha value is -1.32. The number of hydrogen-bond donors (Lipinski definition) is 0. The van der Waals surface area contributed by atoms with Gasteiger partial charge in [-0.25, -0.2) is 8.42 Å². The van der Waals surface area contributed by atoms with Crippen LogP contribution in [-0.2, 0) is 16.7 Å². The van der Waals surface area contributed by atoms with Crippen molar-refractivity contribution in [2.45, 2.75) is 30.3 Å². The zero-order valence-corrected chi connectivity index (χ0v) is 13.8. The molecule has 0 atom stereocenters. The van der Waals surface area contributed by atoms with Crippen LogP contribution in [0, 0.1) is 6.92 Å². The van der Waals surface area contributed by atoms with Crippen molar-refractivity contribution in [3.63, 3.8) is 0 Å². The fourth-order valence-corrected chi connectivity index (χ4v) is 3.32. The van der Waals surface area contributed by atoms with Gasteiger partial charge in [0.25, 0.3) is 0 Å². The smallest absolute Gasteiger partial charge is 0.446 e. The van der Waals surface area contributed by atoms with E-state index in [2.05, 4.69) is 0 Å². The first-order chi connectivity index (χ1) is 10.6. The number of thioether (sulfide) groups is 1. The molecule has 0 aliphatic carbocycles. The van der Waals surface area contributed by atoms with Gasteiger partial charge in [0, 0.05) is 29.2 Å². The topological polar surface area (TPSA) is 61.1 Å². The second-order valence-electron chi connectivity index (χ2n) is 5.03. The van der Waals surface area contributed by atoms with Crippen molar-refractivity contribution in [2.75, 3.05) is 5.75 Å². The summed E-state index contributed by atoms with van der Waals surface area (Å²) < 4.78 is 71.1. The molecule has 0 unspecified atom stereocenters. The predicted molar refractivity (Wildman–Crippen MR) is 80.0 cm³/mol. The monoisotopic (exact) mass is 365 g/mol. The highest BCUT2D eigenvalue weighted by molar-refractivity contribution is 8.00. The standard InChI is InChI=1S/C14H14F3NO3S2/c1-10-5-7-18(6-2-8-23(19,20)21)13-4-3-11(9-12(10)13)22-14(15,16)17/h3-5,7,9H,2,6,8H2,1H3. The second-order valence-corrected chi connectivity index (χ2v) is 7.70. The van der Waals surface area contributed by atoms with E-state index in [1.807, 2.05) is 0 Å². The SMILES string of the molecule is Cc1cc[n+](CCCS(=O)(=O)[O-])c2ccc(SC(F)(F)F)cc12. The van der Waals surface area contributed by atoms with E-state index in [9.17, 15) is 26.1 Å². The first kappa shape index (κ1) is 18.0. The van der Waals surface area contributed by atoms with Crippen molar-refractivity contribution >= 4 is 32.8 Å². The number of pyridine rings is 1. The Morgan fingerprint density at radius 3 is 2.57 bits per heavy atom. The van der Waals surface area contributed by atoms with Crippen LogP contribution < -0.4 is 4.57 Å². The summed E-state index contributed by atoms with van der Waals surface area (Å²) >= 11 is -0.179. The quantitative estimate of drug-likeness (QED) is 0.464. The molecule has 1 aromatic heterocycles. The molecule has 0 saturated heterocycles. The zero-order chi connectivity index (χ0) is 17.3. The van der Waals surface area contributed by atoms with Crippen LogP contribution in [0.5, 0.6) is 0 Å². The number of alkyl halides is 3. The lowest BCUT2D eigenvalue weighted by atomic mass is 10.1. The molecule has 2 aromatic rings. The van der Waals surface area contributed by atoms with E-state index in [-0.39, 0.29) is 23.1 Å². The maximum Gasteiger partial charge on any atom is 0.446 e. The molecule has 2 rings (SSSR count). The summed E-state index contributed by atoms with van der Waals surface area (Å²) in [6.45, 7) is 2.08.